The highest BCUT2D eigenvalue weighted by atomic mass is 32.1. The van der Waals surface area contributed by atoms with Crippen molar-refractivity contribution in [3.63, 3.8) is 0 Å². The first-order valence-electron chi connectivity index (χ1n) is 15.2. The number of furan rings is 1. The van der Waals surface area contributed by atoms with Crippen molar-refractivity contribution in [2.75, 3.05) is 13.2 Å². The number of hydrogen-bond acceptors (Lipinski definition) is 8. The number of unbranched alkanes of at least 4 members (excludes halogenated alkanes) is 1. The summed E-state index contributed by atoms with van der Waals surface area (Å²) in [4.78, 5) is 45.2. The fraction of sp³-hybridized carbons (Fsp3) is 0.189. The lowest BCUT2D eigenvalue weighted by Gasteiger charge is -2.25. The molecule has 0 amide bonds. The first-order valence-corrected chi connectivity index (χ1v) is 16.0. The van der Waals surface area contributed by atoms with Crippen LogP contribution in [0, 0.1) is 0 Å². The predicted molar refractivity (Wildman–Crippen MR) is 177 cm³/mol. The van der Waals surface area contributed by atoms with E-state index in [1.807, 2.05) is 73.7 Å². The van der Waals surface area contributed by atoms with Gasteiger partial charge in [-0.2, -0.15) is 0 Å². The quantitative estimate of drug-likeness (QED) is 0.135. The molecular weight excluding hydrogens is 600 g/mol. The molecule has 9 heteroatoms. The number of hydrogen-bond donors (Lipinski definition) is 0. The Kier molecular flexibility index (Phi) is 9.21. The predicted octanol–water partition coefficient (Wildman–Crippen LogP) is 6.15. The standard InChI is InChI=1S/C37H32N2O6S/c1-3-5-22-44-35(41)27-18-16-24(17-19-27)29-21-20-28(45-29)23-30-34(40)39-33(26-14-10-7-11-15-26)31(36(42)43-4-2)32(38-37(39)46-30)25-12-8-6-9-13-25/h6-21,23,33H,3-5,22H2,1-2H3/b30-23-/t33-/m1/s1. The minimum Gasteiger partial charge on any atom is -0.463 e. The normalized spacial score (nSPS) is 14.5. The second kappa shape index (κ2) is 13.8. The number of rotatable bonds is 10. The smallest absolute Gasteiger partial charge is 0.338 e. The average molecular weight is 633 g/mol. The molecule has 0 unspecified atom stereocenters. The van der Waals surface area contributed by atoms with E-state index >= 15 is 0 Å². The molecule has 0 saturated heterocycles. The average Bonchev–Trinajstić information content (AvgIpc) is 3.69. The van der Waals surface area contributed by atoms with E-state index in [1.54, 1.807) is 47.9 Å². The van der Waals surface area contributed by atoms with Gasteiger partial charge in [-0.25, -0.2) is 14.6 Å². The molecule has 0 N–H and O–H groups in total. The first kappa shape index (κ1) is 30.7. The van der Waals surface area contributed by atoms with Crippen LogP contribution >= 0.6 is 11.3 Å². The van der Waals surface area contributed by atoms with Gasteiger partial charge in [0.1, 0.15) is 11.5 Å². The van der Waals surface area contributed by atoms with E-state index in [0.717, 1.165) is 29.5 Å². The number of ether oxygens (including phenoxy) is 2. The summed E-state index contributed by atoms with van der Waals surface area (Å²) in [7, 11) is 0. The molecule has 0 spiro atoms. The lowest BCUT2D eigenvalue weighted by atomic mass is 9.93. The van der Waals surface area contributed by atoms with Gasteiger partial charge in [0, 0.05) is 17.2 Å². The summed E-state index contributed by atoms with van der Waals surface area (Å²) < 4.78 is 18.9. The Balaban J connectivity index is 1.40. The number of carbonyl (C=O) groups excluding carboxylic acids is 2. The molecule has 8 nitrogen and oxygen atoms in total. The van der Waals surface area contributed by atoms with Gasteiger partial charge in [0.05, 0.1) is 40.6 Å². The Hall–Kier alpha value is -5.28. The molecule has 46 heavy (non-hydrogen) atoms. The summed E-state index contributed by atoms with van der Waals surface area (Å²) in [6.07, 6.45) is 3.46. The van der Waals surface area contributed by atoms with Crippen LogP contribution in [0.1, 0.15) is 60.0 Å². The summed E-state index contributed by atoms with van der Waals surface area (Å²) in [5.74, 6) is 0.186. The van der Waals surface area contributed by atoms with Crippen molar-refractivity contribution >= 4 is 35.0 Å². The van der Waals surface area contributed by atoms with Gasteiger partial charge >= 0.3 is 11.9 Å². The molecule has 0 aliphatic carbocycles. The van der Waals surface area contributed by atoms with Gasteiger partial charge in [-0.15, -0.1) is 0 Å². The SMILES string of the molecule is CCCCOC(=O)c1ccc(-c2ccc(/C=c3\sc4n(c3=O)[C@H](c3ccccc3)C(C(=O)OCC)=C(c3ccccc3)N=4)o2)cc1. The highest BCUT2D eigenvalue weighted by Gasteiger charge is 2.35. The molecule has 3 aromatic carbocycles. The number of thiazole rings is 1. The minimum atomic E-state index is -0.742. The van der Waals surface area contributed by atoms with Gasteiger partial charge in [-0.1, -0.05) is 97.5 Å². The third kappa shape index (κ3) is 6.27. The number of carbonyl (C=O) groups is 2. The van der Waals surface area contributed by atoms with Crippen molar-refractivity contribution < 1.29 is 23.5 Å². The molecule has 2 aromatic heterocycles. The van der Waals surface area contributed by atoms with Crippen LogP contribution in [0.5, 0.6) is 0 Å². The zero-order valence-corrected chi connectivity index (χ0v) is 26.3. The Morgan fingerprint density at radius 1 is 0.870 bits per heavy atom. The Bertz CT molecular complexity index is 2070. The Morgan fingerprint density at radius 3 is 2.28 bits per heavy atom. The van der Waals surface area contributed by atoms with Crippen LogP contribution in [0.25, 0.3) is 23.1 Å². The largest absolute Gasteiger partial charge is 0.463 e. The summed E-state index contributed by atoms with van der Waals surface area (Å²) in [6.45, 7) is 4.37. The Labute approximate surface area is 269 Å². The molecule has 5 aromatic rings. The van der Waals surface area contributed by atoms with Crippen LogP contribution < -0.4 is 14.9 Å². The van der Waals surface area contributed by atoms with Crippen LogP contribution in [0.4, 0.5) is 0 Å². The van der Waals surface area contributed by atoms with E-state index in [0.29, 0.717) is 44.3 Å². The molecule has 1 atom stereocenters. The number of fused-ring (bicyclic) bond motifs is 1. The maximum absolute atomic E-state index is 14.1. The van der Waals surface area contributed by atoms with Crippen molar-refractivity contribution in [3.8, 4) is 11.3 Å². The summed E-state index contributed by atoms with van der Waals surface area (Å²) in [6, 6.07) is 28.7. The Morgan fingerprint density at radius 2 is 1.59 bits per heavy atom. The molecule has 6 rings (SSSR count). The molecule has 0 radical (unpaired) electrons. The third-order valence-electron chi connectivity index (χ3n) is 7.53. The number of benzene rings is 3. The highest BCUT2D eigenvalue weighted by molar-refractivity contribution is 7.07. The van der Waals surface area contributed by atoms with E-state index in [9.17, 15) is 14.4 Å². The maximum atomic E-state index is 14.1. The lowest BCUT2D eigenvalue weighted by molar-refractivity contribution is -0.138. The molecule has 0 saturated carbocycles. The molecule has 0 fully saturated rings. The van der Waals surface area contributed by atoms with Crippen LogP contribution in [0.15, 0.2) is 117 Å². The number of esters is 2. The van der Waals surface area contributed by atoms with Crippen LogP contribution in [0.3, 0.4) is 0 Å². The van der Waals surface area contributed by atoms with Gasteiger partial charge in [0.2, 0.25) is 0 Å². The monoisotopic (exact) mass is 632 g/mol. The van der Waals surface area contributed by atoms with Crippen molar-refractivity contribution in [1.29, 1.82) is 0 Å². The van der Waals surface area contributed by atoms with Crippen molar-refractivity contribution in [3.05, 3.63) is 145 Å². The molecule has 3 heterocycles. The van der Waals surface area contributed by atoms with Gasteiger partial charge in [-0.05, 0) is 43.2 Å². The summed E-state index contributed by atoms with van der Waals surface area (Å²) in [5.41, 5.74) is 3.24. The minimum absolute atomic E-state index is 0.183. The van der Waals surface area contributed by atoms with Gasteiger partial charge in [0.25, 0.3) is 5.56 Å². The van der Waals surface area contributed by atoms with E-state index in [2.05, 4.69) is 0 Å². The van der Waals surface area contributed by atoms with Crippen molar-refractivity contribution in [2.24, 2.45) is 4.99 Å². The van der Waals surface area contributed by atoms with Gasteiger partial charge in [-0.3, -0.25) is 9.36 Å². The van der Waals surface area contributed by atoms with Crippen molar-refractivity contribution in [2.45, 2.75) is 32.7 Å². The van der Waals surface area contributed by atoms with Crippen LogP contribution in [0.2, 0.25) is 0 Å². The summed E-state index contributed by atoms with van der Waals surface area (Å²) >= 11 is 1.23. The lowest BCUT2D eigenvalue weighted by Crippen LogP contribution is -2.39. The molecule has 1 aliphatic rings. The molecular formula is C37H32N2O6S. The first-order chi connectivity index (χ1) is 22.5. The van der Waals surface area contributed by atoms with E-state index in [4.69, 9.17) is 18.9 Å². The third-order valence-corrected chi connectivity index (χ3v) is 8.51. The zero-order chi connectivity index (χ0) is 32.0. The second-order valence-corrected chi connectivity index (χ2v) is 11.6. The molecule has 232 valence electrons. The molecule has 1 aliphatic heterocycles. The van der Waals surface area contributed by atoms with E-state index in [-0.39, 0.29) is 18.1 Å². The van der Waals surface area contributed by atoms with Crippen molar-refractivity contribution in [1.82, 2.24) is 4.57 Å². The van der Waals surface area contributed by atoms with Gasteiger partial charge < -0.3 is 13.9 Å². The van der Waals surface area contributed by atoms with E-state index < -0.39 is 12.0 Å². The summed E-state index contributed by atoms with van der Waals surface area (Å²) in [5, 5.41) is 0. The highest BCUT2D eigenvalue weighted by Crippen LogP contribution is 2.35. The fourth-order valence-electron chi connectivity index (χ4n) is 5.27. The second-order valence-electron chi connectivity index (χ2n) is 10.6. The van der Waals surface area contributed by atoms with Crippen LogP contribution in [-0.4, -0.2) is 29.7 Å². The fourth-order valence-corrected chi connectivity index (χ4v) is 6.25. The topological polar surface area (TPSA) is 100 Å². The maximum Gasteiger partial charge on any atom is 0.338 e. The molecule has 0 bridgehead atoms. The zero-order valence-electron chi connectivity index (χ0n) is 25.5. The van der Waals surface area contributed by atoms with Crippen LogP contribution in [-0.2, 0) is 14.3 Å². The van der Waals surface area contributed by atoms with E-state index in [1.165, 1.54) is 11.3 Å². The number of aromatic nitrogens is 1. The number of nitrogens with zero attached hydrogens (tertiary/aromatic N) is 2. The van der Waals surface area contributed by atoms with Gasteiger partial charge in [0.15, 0.2) is 4.80 Å².